The third-order valence-corrected chi connectivity index (χ3v) is 7.57. The fourth-order valence-corrected chi connectivity index (χ4v) is 5.16. The summed E-state index contributed by atoms with van der Waals surface area (Å²) < 4.78 is 5.88. The van der Waals surface area contributed by atoms with E-state index >= 15 is 0 Å². The lowest BCUT2D eigenvalue weighted by molar-refractivity contribution is -0.124. The van der Waals surface area contributed by atoms with Crippen molar-refractivity contribution in [3.8, 4) is 5.75 Å². The van der Waals surface area contributed by atoms with Gasteiger partial charge in [0.1, 0.15) is 11.5 Å². The van der Waals surface area contributed by atoms with E-state index in [-0.39, 0.29) is 17.0 Å². The maximum absolute atomic E-state index is 12.6. The van der Waals surface area contributed by atoms with E-state index in [9.17, 15) is 9.59 Å². The van der Waals surface area contributed by atoms with Gasteiger partial charge in [-0.2, -0.15) is 0 Å². The van der Waals surface area contributed by atoms with Crippen molar-refractivity contribution >= 4 is 23.2 Å². The summed E-state index contributed by atoms with van der Waals surface area (Å²) in [5.74, 6) is 1.04. The van der Waals surface area contributed by atoms with Crippen LogP contribution in [-0.4, -0.2) is 42.7 Å². The number of carbonyl (C=O) groups is 2. The van der Waals surface area contributed by atoms with Crippen molar-refractivity contribution < 1.29 is 14.3 Å². The summed E-state index contributed by atoms with van der Waals surface area (Å²) in [6.45, 7) is 5.39. The van der Waals surface area contributed by atoms with Gasteiger partial charge in [-0.3, -0.25) is 9.59 Å². The van der Waals surface area contributed by atoms with Crippen LogP contribution in [0.1, 0.15) is 60.5 Å². The predicted octanol–water partition coefficient (Wildman–Crippen LogP) is 6.74. The lowest BCUT2D eigenvalue weighted by Crippen LogP contribution is -2.46. The number of halogens is 1. The van der Waals surface area contributed by atoms with Crippen molar-refractivity contribution in [2.75, 3.05) is 26.2 Å². The number of likely N-dealkylation sites (tertiary alicyclic amines) is 1. The number of hydrogen-bond acceptors (Lipinski definition) is 4. The van der Waals surface area contributed by atoms with Crippen molar-refractivity contribution in [3.05, 3.63) is 101 Å². The molecule has 0 atom stereocenters. The third-order valence-electron chi connectivity index (χ3n) is 7.32. The van der Waals surface area contributed by atoms with Crippen LogP contribution >= 0.6 is 11.6 Å². The van der Waals surface area contributed by atoms with Crippen LogP contribution in [0.25, 0.3) is 0 Å². The number of nitrogens with zero attached hydrogens (tertiary/aromatic N) is 1. The maximum atomic E-state index is 12.6. The fraction of sp³-hybridized carbons (Fsp3) is 0.355. The highest BCUT2D eigenvalue weighted by Crippen LogP contribution is 2.36. The maximum Gasteiger partial charge on any atom is 0.193 e. The number of ketones is 2. The predicted molar refractivity (Wildman–Crippen MR) is 145 cm³/mol. The molecule has 0 aliphatic carbocycles. The highest BCUT2D eigenvalue weighted by Gasteiger charge is 2.40. The van der Waals surface area contributed by atoms with Gasteiger partial charge in [-0.15, -0.1) is 0 Å². The normalized spacial score (nSPS) is 15.4. The molecule has 1 heterocycles. The molecule has 4 rings (SSSR count). The van der Waals surface area contributed by atoms with Gasteiger partial charge in [0.2, 0.25) is 0 Å². The van der Waals surface area contributed by atoms with Crippen LogP contribution in [0, 0.1) is 0 Å². The van der Waals surface area contributed by atoms with Crippen molar-refractivity contribution in [1.29, 1.82) is 0 Å². The highest BCUT2D eigenvalue weighted by molar-refractivity contribution is 6.30. The average Bonchev–Trinajstić information content (AvgIpc) is 2.92. The molecule has 0 bridgehead atoms. The van der Waals surface area contributed by atoms with Gasteiger partial charge in [-0.1, -0.05) is 41.9 Å². The van der Waals surface area contributed by atoms with E-state index in [4.69, 9.17) is 16.3 Å². The molecule has 1 aliphatic heterocycles. The number of benzene rings is 3. The summed E-state index contributed by atoms with van der Waals surface area (Å²) in [7, 11) is 0. The van der Waals surface area contributed by atoms with Crippen molar-refractivity contribution in [3.63, 3.8) is 0 Å². The molecular weight excluding hydrogens is 470 g/mol. The Labute approximate surface area is 219 Å². The Morgan fingerprint density at radius 3 is 2.06 bits per heavy atom. The zero-order chi connectivity index (χ0) is 25.4. The molecule has 0 unspecified atom stereocenters. The van der Waals surface area contributed by atoms with Gasteiger partial charge in [-0.05, 0) is 113 Å². The minimum atomic E-state index is -0.319. The lowest BCUT2D eigenvalue weighted by Gasteiger charge is -2.40. The highest BCUT2D eigenvalue weighted by atomic mass is 35.5. The van der Waals surface area contributed by atoms with Crippen LogP contribution in [0.5, 0.6) is 5.75 Å². The number of Topliss-reactive ketones (excluding diaryl/α,β-unsaturated/α-hetero) is 1. The summed E-state index contributed by atoms with van der Waals surface area (Å²) in [5.41, 5.74) is 2.10. The van der Waals surface area contributed by atoms with Gasteiger partial charge in [-0.25, -0.2) is 0 Å². The monoisotopic (exact) mass is 503 g/mol. The number of piperidine rings is 1. The molecule has 4 nitrogen and oxygen atoms in total. The van der Waals surface area contributed by atoms with E-state index in [1.807, 2.05) is 30.3 Å². The van der Waals surface area contributed by atoms with Crippen LogP contribution in [0.2, 0.25) is 5.02 Å². The average molecular weight is 504 g/mol. The molecule has 3 aromatic rings. The molecule has 0 aromatic heterocycles. The van der Waals surface area contributed by atoms with Gasteiger partial charge >= 0.3 is 0 Å². The van der Waals surface area contributed by atoms with Crippen LogP contribution in [0.15, 0.2) is 78.9 Å². The number of rotatable bonds is 11. The Balaban J connectivity index is 1.14. The minimum Gasteiger partial charge on any atom is -0.494 e. The zero-order valence-electron chi connectivity index (χ0n) is 20.9. The van der Waals surface area contributed by atoms with Crippen LogP contribution < -0.4 is 4.74 Å². The van der Waals surface area contributed by atoms with Gasteiger partial charge < -0.3 is 9.64 Å². The summed E-state index contributed by atoms with van der Waals surface area (Å²) >= 11 is 5.90. The Morgan fingerprint density at radius 2 is 1.44 bits per heavy atom. The molecular formula is C31H34ClNO3. The summed E-state index contributed by atoms with van der Waals surface area (Å²) in [6, 6.07) is 24.5. The molecule has 188 valence electrons. The molecule has 1 saturated heterocycles. The van der Waals surface area contributed by atoms with E-state index < -0.39 is 0 Å². The third kappa shape index (κ3) is 6.43. The number of unbranched alkanes of at least 4 members (excludes halogenated alkanes) is 2. The Bertz CT molecular complexity index is 1130. The van der Waals surface area contributed by atoms with Gasteiger partial charge in [0.15, 0.2) is 5.78 Å². The van der Waals surface area contributed by atoms with Crippen molar-refractivity contribution in [2.24, 2.45) is 0 Å². The molecule has 0 spiro atoms. The first-order chi connectivity index (χ1) is 17.5. The quantitative estimate of drug-likeness (QED) is 0.214. The SMILES string of the molecule is CC(=O)C1(c2ccccc2)CCN(CCCCCOc2ccc(C(=O)c3ccc(Cl)cc3)cc2)CC1. The van der Waals surface area contributed by atoms with Crippen LogP contribution in [-0.2, 0) is 10.2 Å². The Kier molecular flexibility index (Phi) is 8.95. The summed E-state index contributed by atoms with van der Waals surface area (Å²) in [6.07, 6.45) is 5.00. The molecule has 0 N–H and O–H groups in total. The van der Waals surface area contributed by atoms with E-state index in [1.165, 1.54) is 0 Å². The first-order valence-electron chi connectivity index (χ1n) is 12.8. The van der Waals surface area contributed by atoms with Crippen molar-refractivity contribution in [2.45, 2.75) is 44.4 Å². The van der Waals surface area contributed by atoms with E-state index in [0.717, 1.165) is 63.1 Å². The summed E-state index contributed by atoms with van der Waals surface area (Å²) in [5, 5.41) is 0.615. The van der Waals surface area contributed by atoms with Gasteiger partial charge in [0, 0.05) is 16.1 Å². The first kappa shape index (κ1) is 26.1. The zero-order valence-corrected chi connectivity index (χ0v) is 21.7. The molecule has 0 saturated carbocycles. The largest absolute Gasteiger partial charge is 0.494 e. The second-order valence-corrected chi connectivity index (χ2v) is 10.1. The van der Waals surface area contributed by atoms with Gasteiger partial charge in [0.25, 0.3) is 0 Å². The second-order valence-electron chi connectivity index (χ2n) is 9.62. The van der Waals surface area contributed by atoms with Crippen LogP contribution in [0.3, 0.4) is 0 Å². The van der Waals surface area contributed by atoms with E-state index in [0.29, 0.717) is 22.8 Å². The molecule has 0 radical (unpaired) electrons. The van der Waals surface area contributed by atoms with E-state index in [2.05, 4.69) is 17.0 Å². The standard InChI is InChI=1S/C31H34ClNO3/c1-24(34)31(27-8-4-2-5-9-27)18-21-33(22-19-31)20-6-3-7-23-36-29-16-12-26(13-17-29)30(35)25-10-14-28(32)15-11-25/h2,4-5,8-17H,3,6-7,18-23H2,1H3. The van der Waals surface area contributed by atoms with Crippen LogP contribution in [0.4, 0.5) is 0 Å². The first-order valence-corrected chi connectivity index (χ1v) is 13.2. The minimum absolute atomic E-state index is 0.0276. The lowest BCUT2D eigenvalue weighted by atomic mass is 9.70. The smallest absolute Gasteiger partial charge is 0.193 e. The molecule has 36 heavy (non-hydrogen) atoms. The number of carbonyl (C=O) groups excluding carboxylic acids is 2. The number of ether oxygens (including phenoxy) is 1. The fourth-order valence-electron chi connectivity index (χ4n) is 5.03. The summed E-state index contributed by atoms with van der Waals surface area (Å²) in [4.78, 5) is 27.6. The Morgan fingerprint density at radius 1 is 0.833 bits per heavy atom. The van der Waals surface area contributed by atoms with Gasteiger partial charge in [0.05, 0.1) is 12.0 Å². The second kappa shape index (κ2) is 12.3. The molecule has 0 amide bonds. The molecule has 3 aromatic carbocycles. The molecule has 1 fully saturated rings. The number of hydrogen-bond donors (Lipinski definition) is 0. The molecule has 5 heteroatoms. The van der Waals surface area contributed by atoms with E-state index in [1.54, 1.807) is 43.3 Å². The topological polar surface area (TPSA) is 46.6 Å². The molecule has 1 aliphatic rings. The van der Waals surface area contributed by atoms with Crippen molar-refractivity contribution in [1.82, 2.24) is 4.90 Å². The Hall–Kier alpha value is -2.95.